The number of hydrogen-bond acceptors (Lipinski definition) is 0. The standard InChI is InChI=1S/2C14H30.4C14H27.4Y/c6*1-8-12(11-14(5,6)7)9-10-13(2,3)4;;;;/h2*12H,8-11H2,1-7H3;4*8,10-11H2,1-7H3;;;;/q;;4*-1;;;;. The second-order valence-electron chi connectivity index (χ2n) is 40.7. The van der Waals surface area contributed by atoms with Crippen molar-refractivity contribution in [1.29, 1.82) is 0 Å². The molecule has 0 aliphatic rings. The molecule has 0 aromatic carbocycles. The second-order valence-corrected chi connectivity index (χ2v) is 40.7. The van der Waals surface area contributed by atoms with E-state index in [2.05, 4.69) is 315 Å². The van der Waals surface area contributed by atoms with Crippen molar-refractivity contribution in [2.75, 3.05) is 0 Å². The van der Waals surface area contributed by atoms with E-state index in [1.165, 1.54) is 99.3 Å². The third-order valence-corrected chi connectivity index (χ3v) is 13.7. The van der Waals surface area contributed by atoms with Gasteiger partial charge in [0.1, 0.15) is 0 Å². The Morgan fingerprint density at radius 3 is 0.477 bits per heavy atom. The third kappa shape index (κ3) is 105. The first-order valence-corrected chi connectivity index (χ1v) is 35.2. The molecule has 0 bridgehead atoms. The van der Waals surface area contributed by atoms with Crippen LogP contribution in [-0.2, 0) is 131 Å². The van der Waals surface area contributed by atoms with Gasteiger partial charge in [-0.15, -0.1) is 0 Å². The van der Waals surface area contributed by atoms with Crippen LogP contribution in [0.4, 0.5) is 0 Å². The molecule has 0 aliphatic carbocycles. The molecule has 0 aromatic heterocycles. The molecule has 0 saturated carbocycles. The van der Waals surface area contributed by atoms with Crippen LogP contribution in [0.3, 0.4) is 0 Å². The fraction of sp³-hybridized carbons (Fsp3) is 0.905. The summed E-state index contributed by atoms with van der Waals surface area (Å²) in [4.78, 5) is 0. The Hall–Kier alpha value is 3.38. The van der Waals surface area contributed by atoms with E-state index in [0.29, 0.717) is 65.0 Å². The summed E-state index contributed by atoms with van der Waals surface area (Å²) in [6, 6.07) is 0. The van der Waals surface area contributed by atoms with Gasteiger partial charge in [0.05, 0.1) is 0 Å². The van der Waals surface area contributed by atoms with E-state index in [0.717, 1.165) is 63.2 Å². The molecule has 0 fully saturated rings. The van der Waals surface area contributed by atoms with Gasteiger partial charge >= 0.3 is 0 Å². The van der Waals surface area contributed by atoms with Crippen LogP contribution in [0, 0.1) is 101 Å². The summed E-state index contributed by atoms with van der Waals surface area (Å²) in [7, 11) is 0. The third-order valence-electron chi connectivity index (χ3n) is 13.7. The van der Waals surface area contributed by atoms with Crippen LogP contribution in [0.15, 0.2) is 22.3 Å². The maximum absolute atomic E-state index is 3.58. The molecule has 4 heteroatoms. The van der Waals surface area contributed by atoms with Gasteiger partial charge in [-0.2, -0.15) is 25.7 Å². The monoisotopic (exact) mass is 1530 g/mol. The normalized spacial score (nSPS) is 14.3. The first-order chi connectivity index (χ1) is 36.8. The SMILES string of the molecule is CCC(=[C-]CC(C)(C)C)CC(C)(C)C.CCC(=[C-]CC(C)(C)C)CC(C)(C)C.CCC(=[C-]CC(C)(C)C)CC(C)(C)C.CCC(=[C-]CC(C)(C)C)CC(C)(C)C.CCC(CCC(C)(C)C)CC(C)(C)C.CCC(CCC(C)(C)C)CC(C)(C)C.[Y].[Y].[Y].[Y]. The van der Waals surface area contributed by atoms with Gasteiger partial charge in [-0.25, -0.2) is 0 Å². The molecule has 2 atom stereocenters. The maximum Gasteiger partial charge on any atom is 0 e. The van der Waals surface area contributed by atoms with E-state index >= 15 is 0 Å². The molecule has 0 N–H and O–H groups in total. The smallest absolute Gasteiger partial charge is 0 e. The van der Waals surface area contributed by atoms with Crippen molar-refractivity contribution < 1.29 is 131 Å². The van der Waals surface area contributed by atoms with Gasteiger partial charge in [-0.05, 0) is 93.7 Å². The number of hydrogen-bond donors (Lipinski definition) is 0. The van der Waals surface area contributed by atoms with Crippen molar-refractivity contribution in [3.05, 3.63) is 46.6 Å². The minimum absolute atomic E-state index is 0. The Kier molecular flexibility index (Phi) is 67.1. The molecule has 0 saturated heterocycles. The number of allylic oxidation sites excluding steroid dienone is 8. The average molecular weight is 1530 g/mol. The van der Waals surface area contributed by atoms with Crippen molar-refractivity contribution in [2.24, 2.45) is 76.8 Å². The van der Waals surface area contributed by atoms with E-state index in [1.54, 1.807) is 0 Å². The topological polar surface area (TPSA) is 0 Å². The summed E-state index contributed by atoms with van der Waals surface area (Å²) in [5.74, 6) is 1.85. The van der Waals surface area contributed by atoms with Crippen molar-refractivity contribution in [3.63, 3.8) is 0 Å². The molecule has 0 amide bonds. The summed E-state index contributed by atoms with van der Waals surface area (Å²) in [5, 5.41) is 0. The average Bonchev–Trinajstić information content (AvgIpc) is 3.24. The van der Waals surface area contributed by atoms with Crippen LogP contribution < -0.4 is 0 Å². The van der Waals surface area contributed by atoms with Gasteiger partial charge in [0.15, 0.2) is 0 Å². The summed E-state index contributed by atoms with van der Waals surface area (Å²) in [6.45, 7) is 96.5. The molecule has 0 nitrogen and oxygen atoms in total. The minimum Gasteiger partial charge on any atom is -0.497 e. The molecule has 0 aromatic rings. The predicted molar refractivity (Wildman–Crippen MR) is 394 cm³/mol. The van der Waals surface area contributed by atoms with Gasteiger partial charge < -0.3 is 24.3 Å². The molecule has 0 aliphatic heterocycles. The fourth-order valence-corrected chi connectivity index (χ4v) is 9.28. The van der Waals surface area contributed by atoms with Crippen LogP contribution in [0.1, 0.15) is 419 Å². The number of rotatable bonds is 20. The molecule has 88 heavy (non-hydrogen) atoms. The summed E-state index contributed by atoms with van der Waals surface area (Å²) in [5.41, 5.74) is 11.1. The minimum atomic E-state index is 0. The fourth-order valence-electron chi connectivity index (χ4n) is 9.28. The molecular formula is C84H168Y4-4. The second kappa shape index (κ2) is 52.4. The maximum atomic E-state index is 3.58. The largest absolute Gasteiger partial charge is 0.497 e. The molecule has 0 rings (SSSR count). The Labute approximate surface area is 665 Å². The zero-order valence-corrected chi connectivity index (χ0v) is 81.0. The van der Waals surface area contributed by atoms with E-state index < -0.39 is 0 Å². The van der Waals surface area contributed by atoms with Crippen LogP contribution in [0.2, 0.25) is 0 Å². The zero-order valence-electron chi connectivity index (χ0n) is 69.6. The van der Waals surface area contributed by atoms with Crippen LogP contribution in [0.25, 0.3) is 0 Å². The first kappa shape index (κ1) is 113. The van der Waals surface area contributed by atoms with Gasteiger partial charge in [-0.1, -0.05) is 377 Å². The van der Waals surface area contributed by atoms with Crippen LogP contribution in [-0.4, -0.2) is 0 Å². The molecule has 4 radical (unpaired) electrons. The Balaban J connectivity index is -0.000000103. The molecule has 520 valence electrons. The van der Waals surface area contributed by atoms with Gasteiger partial charge in [-0.3, -0.25) is 22.3 Å². The molecule has 2 unspecified atom stereocenters. The zero-order chi connectivity index (χ0) is 68.4. The van der Waals surface area contributed by atoms with E-state index in [-0.39, 0.29) is 131 Å². The van der Waals surface area contributed by atoms with E-state index in [1.807, 2.05) is 0 Å². The van der Waals surface area contributed by atoms with Gasteiger partial charge in [0.25, 0.3) is 0 Å². The van der Waals surface area contributed by atoms with Crippen molar-refractivity contribution in [2.45, 2.75) is 419 Å². The Morgan fingerprint density at radius 1 is 0.227 bits per heavy atom. The quantitative estimate of drug-likeness (QED) is 0.107. The van der Waals surface area contributed by atoms with Gasteiger partial charge in [0, 0.05) is 131 Å². The molecular weight excluding hydrogens is 1360 g/mol. The first-order valence-electron chi connectivity index (χ1n) is 35.2. The van der Waals surface area contributed by atoms with E-state index in [4.69, 9.17) is 0 Å². The summed E-state index contributed by atoms with van der Waals surface area (Å²) < 4.78 is 0. The van der Waals surface area contributed by atoms with Crippen molar-refractivity contribution in [3.8, 4) is 0 Å². The van der Waals surface area contributed by atoms with Crippen molar-refractivity contribution in [1.82, 2.24) is 0 Å². The molecule has 0 spiro atoms. The predicted octanol–water partition coefficient (Wildman–Crippen LogP) is 30.5. The van der Waals surface area contributed by atoms with Crippen LogP contribution >= 0.6 is 0 Å². The Bertz CT molecular complexity index is 1490. The van der Waals surface area contributed by atoms with E-state index in [9.17, 15) is 0 Å². The summed E-state index contributed by atoms with van der Waals surface area (Å²) >= 11 is 0. The molecule has 0 heterocycles. The Morgan fingerprint density at radius 2 is 0.386 bits per heavy atom. The summed E-state index contributed by atoms with van der Waals surface area (Å²) in [6.07, 6.45) is 38.9. The van der Waals surface area contributed by atoms with Crippen LogP contribution in [0.5, 0.6) is 0 Å². The van der Waals surface area contributed by atoms with Crippen molar-refractivity contribution >= 4 is 0 Å². The van der Waals surface area contributed by atoms with Gasteiger partial charge in [0.2, 0.25) is 0 Å².